The van der Waals surface area contributed by atoms with Crippen LogP contribution in [0.15, 0.2) is 41.1 Å². The molecule has 3 heterocycles. The highest BCUT2D eigenvalue weighted by atomic mass is 32.2. The standard InChI is InChI=1S/C18H20N4O2S2/c1-26(23,24)22-9-4-5-14(11-22)19-18-15-6-2-3-7-16(15)20-17(21-18)13-8-10-25-12-13/h2-3,6-8,10,12,14H,4-5,9,11H2,1H3,(H,19,20,21). The molecule has 1 unspecified atom stereocenters. The van der Waals surface area contributed by atoms with Gasteiger partial charge in [-0.2, -0.15) is 11.3 Å². The van der Waals surface area contributed by atoms with E-state index in [4.69, 9.17) is 4.98 Å². The van der Waals surface area contributed by atoms with Crippen LogP contribution in [0.5, 0.6) is 0 Å². The normalized spacial score (nSPS) is 18.9. The van der Waals surface area contributed by atoms with Crippen LogP contribution in [-0.2, 0) is 10.0 Å². The largest absolute Gasteiger partial charge is 0.365 e. The molecule has 1 fully saturated rings. The second-order valence-corrected chi connectivity index (χ2v) is 9.29. The van der Waals surface area contributed by atoms with Crippen LogP contribution < -0.4 is 5.32 Å². The quantitative estimate of drug-likeness (QED) is 0.743. The lowest BCUT2D eigenvalue weighted by molar-refractivity contribution is 0.329. The van der Waals surface area contributed by atoms with E-state index in [-0.39, 0.29) is 6.04 Å². The van der Waals surface area contributed by atoms with Crippen LogP contribution in [0.1, 0.15) is 12.8 Å². The number of anilines is 1. The summed E-state index contributed by atoms with van der Waals surface area (Å²) in [6.07, 6.45) is 3.02. The van der Waals surface area contributed by atoms with Crippen LogP contribution in [0, 0.1) is 0 Å². The summed E-state index contributed by atoms with van der Waals surface area (Å²) < 4.78 is 25.3. The van der Waals surface area contributed by atoms with Gasteiger partial charge in [-0.1, -0.05) is 12.1 Å². The first-order valence-corrected chi connectivity index (χ1v) is 11.3. The number of rotatable bonds is 4. The van der Waals surface area contributed by atoms with E-state index < -0.39 is 10.0 Å². The molecule has 0 amide bonds. The summed E-state index contributed by atoms with van der Waals surface area (Å²) in [7, 11) is -3.18. The molecule has 0 aliphatic carbocycles. The summed E-state index contributed by atoms with van der Waals surface area (Å²) in [6, 6.07) is 9.93. The molecule has 2 aromatic heterocycles. The van der Waals surface area contributed by atoms with Crippen LogP contribution in [0.25, 0.3) is 22.3 Å². The van der Waals surface area contributed by atoms with E-state index in [1.807, 2.05) is 41.1 Å². The molecular formula is C18H20N4O2S2. The highest BCUT2D eigenvalue weighted by molar-refractivity contribution is 7.88. The van der Waals surface area contributed by atoms with Crippen molar-refractivity contribution in [1.29, 1.82) is 0 Å². The maximum absolute atomic E-state index is 11.9. The third-order valence-electron chi connectivity index (χ3n) is 4.58. The topological polar surface area (TPSA) is 75.2 Å². The number of thiophene rings is 1. The smallest absolute Gasteiger partial charge is 0.211 e. The lowest BCUT2D eigenvalue weighted by Crippen LogP contribution is -2.44. The van der Waals surface area contributed by atoms with Crippen LogP contribution in [0.3, 0.4) is 0 Å². The number of para-hydroxylation sites is 1. The van der Waals surface area contributed by atoms with Gasteiger partial charge in [-0.25, -0.2) is 22.7 Å². The molecule has 1 atom stereocenters. The van der Waals surface area contributed by atoms with Gasteiger partial charge in [0.05, 0.1) is 11.8 Å². The van der Waals surface area contributed by atoms with Gasteiger partial charge in [0.15, 0.2) is 5.82 Å². The minimum Gasteiger partial charge on any atom is -0.365 e. The van der Waals surface area contributed by atoms with Crippen LogP contribution in [0.2, 0.25) is 0 Å². The van der Waals surface area contributed by atoms with Crippen molar-refractivity contribution in [2.24, 2.45) is 0 Å². The number of aromatic nitrogens is 2. The Morgan fingerprint density at radius 1 is 1.23 bits per heavy atom. The Labute approximate surface area is 157 Å². The Bertz CT molecular complexity index is 1020. The van der Waals surface area contributed by atoms with E-state index in [0.29, 0.717) is 18.9 Å². The Morgan fingerprint density at radius 3 is 2.85 bits per heavy atom. The first-order valence-electron chi connectivity index (χ1n) is 8.52. The Hall–Kier alpha value is -2.03. The maximum Gasteiger partial charge on any atom is 0.211 e. The molecule has 6 nitrogen and oxygen atoms in total. The molecule has 1 aliphatic rings. The van der Waals surface area contributed by atoms with E-state index in [1.54, 1.807) is 11.3 Å². The van der Waals surface area contributed by atoms with E-state index in [0.717, 1.165) is 35.1 Å². The lowest BCUT2D eigenvalue weighted by Gasteiger charge is -2.31. The predicted molar refractivity (Wildman–Crippen MR) is 106 cm³/mol. The average Bonchev–Trinajstić information content (AvgIpc) is 3.16. The fourth-order valence-electron chi connectivity index (χ4n) is 3.26. The number of piperidine rings is 1. The van der Waals surface area contributed by atoms with Crippen molar-refractivity contribution in [2.75, 3.05) is 24.7 Å². The number of sulfonamides is 1. The van der Waals surface area contributed by atoms with Crippen molar-refractivity contribution in [3.05, 3.63) is 41.1 Å². The van der Waals surface area contributed by atoms with Gasteiger partial charge in [0.2, 0.25) is 10.0 Å². The number of hydrogen-bond acceptors (Lipinski definition) is 6. The van der Waals surface area contributed by atoms with Gasteiger partial charge in [0.1, 0.15) is 5.82 Å². The van der Waals surface area contributed by atoms with E-state index in [1.165, 1.54) is 10.6 Å². The van der Waals surface area contributed by atoms with Crippen LogP contribution in [0.4, 0.5) is 5.82 Å². The van der Waals surface area contributed by atoms with Gasteiger partial charge in [-0.15, -0.1) is 0 Å². The molecule has 136 valence electrons. The molecule has 4 rings (SSSR count). The molecule has 8 heteroatoms. The number of hydrogen-bond donors (Lipinski definition) is 1. The Balaban J connectivity index is 1.69. The van der Waals surface area contributed by atoms with Crippen molar-refractivity contribution >= 4 is 38.1 Å². The number of benzene rings is 1. The summed E-state index contributed by atoms with van der Waals surface area (Å²) in [5, 5.41) is 8.46. The average molecular weight is 389 g/mol. The van der Waals surface area contributed by atoms with Crippen molar-refractivity contribution < 1.29 is 8.42 Å². The number of nitrogens with zero attached hydrogens (tertiary/aromatic N) is 3. The second kappa shape index (κ2) is 6.94. The van der Waals surface area contributed by atoms with E-state index >= 15 is 0 Å². The van der Waals surface area contributed by atoms with Crippen molar-refractivity contribution in [1.82, 2.24) is 14.3 Å². The number of fused-ring (bicyclic) bond motifs is 1. The highest BCUT2D eigenvalue weighted by Crippen LogP contribution is 2.27. The molecule has 1 aliphatic heterocycles. The first-order chi connectivity index (χ1) is 12.5. The summed E-state index contributed by atoms with van der Waals surface area (Å²) in [5.41, 5.74) is 1.87. The predicted octanol–water partition coefficient (Wildman–Crippen LogP) is 3.19. The monoisotopic (exact) mass is 388 g/mol. The van der Waals surface area contributed by atoms with Crippen molar-refractivity contribution in [2.45, 2.75) is 18.9 Å². The summed E-state index contributed by atoms with van der Waals surface area (Å²) in [4.78, 5) is 9.42. The zero-order valence-electron chi connectivity index (χ0n) is 14.4. The zero-order chi connectivity index (χ0) is 18.1. The Morgan fingerprint density at radius 2 is 2.08 bits per heavy atom. The van der Waals surface area contributed by atoms with Crippen LogP contribution >= 0.6 is 11.3 Å². The fraction of sp³-hybridized carbons (Fsp3) is 0.333. The molecule has 0 saturated carbocycles. The van der Waals surface area contributed by atoms with E-state index in [2.05, 4.69) is 10.3 Å². The molecular weight excluding hydrogens is 368 g/mol. The third-order valence-corrected chi connectivity index (χ3v) is 6.53. The van der Waals surface area contributed by atoms with Gasteiger partial charge in [-0.05, 0) is 36.4 Å². The number of nitrogens with one attached hydrogen (secondary N) is 1. The molecule has 0 spiro atoms. The maximum atomic E-state index is 11.9. The third kappa shape index (κ3) is 3.58. The second-order valence-electron chi connectivity index (χ2n) is 6.53. The minimum atomic E-state index is -3.18. The molecule has 26 heavy (non-hydrogen) atoms. The highest BCUT2D eigenvalue weighted by Gasteiger charge is 2.26. The van der Waals surface area contributed by atoms with Gasteiger partial charge in [-0.3, -0.25) is 0 Å². The molecule has 0 bridgehead atoms. The summed E-state index contributed by atoms with van der Waals surface area (Å²) >= 11 is 1.61. The van der Waals surface area contributed by atoms with Crippen molar-refractivity contribution in [3.63, 3.8) is 0 Å². The van der Waals surface area contributed by atoms with Crippen molar-refractivity contribution in [3.8, 4) is 11.4 Å². The zero-order valence-corrected chi connectivity index (χ0v) is 16.1. The molecule has 1 saturated heterocycles. The molecule has 3 aromatic rings. The summed E-state index contributed by atoms with van der Waals surface area (Å²) in [6.45, 7) is 1.05. The van der Waals surface area contributed by atoms with Gasteiger partial charge >= 0.3 is 0 Å². The summed E-state index contributed by atoms with van der Waals surface area (Å²) in [5.74, 6) is 1.44. The van der Waals surface area contributed by atoms with Crippen LogP contribution in [-0.4, -0.2) is 48.1 Å². The lowest BCUT2D eigenvalue weighted by atomic mass is 10.1. The fourth-order valence-corrected chi connectivity index (χ4v) is 4.81. The van der Waals surface area contributed by atoms with Gasteiger partial charge < -0.3 is 5.32 Å². The van der Waals surface area contributed by atoms with E-state index in [9.17, 15) is 8.42 Å². The minimum absolute atomic E-state index is 0.0344. The van der Waals surface area contributed by atoms with Gasteiger partial charge in [0, 0.05) is 35.5 Å². The Kier molecular flexibility index (Phi) is 4.64. The SMILES string of the molecule is CS(=O)(=O)N1CCCC(Nc2nc(-c3ccsc3)nc3ccccc23)C1. The van der Waals surface area contributed by atoms with Gasteiger partial charge in [0.25, 0.3) is 0 Å². The molecule has 1 N–H and O–H groups in total. The molecule has 0 radical (unpaired) electrons. The molecule has 1 aromatic carbocycles. The first kappa shape index (κ1) is 17.4.